The van der Waals surface area contributed by atoms with Gasteiger partial charge in [0.1, 0.15) is 5.75 Å². The number of alkyl halides is 3. The first-order valence-electron chi connectivity index (χ1n) is 9.88. The summed E-state index contributed by atoms with van der Waals surface area (Å²) >= 11 is 0. The summed E-state index contributed by atoms with van der Waals surface area (Å²) in [7, 11) is -2.78. The van der Waals surface area contributed by atoms with Gasteiger partial charge in [0.05, 0.1) is 4.90 Å². The fourth-order valence-electron chi connectivity index (χ4n) is 2.93. The fourth-order valence-corrected chi connectivity index (χ4v) is 4.08. The minimum Gasteiger partial charge on any atom is -0.405 e. The second kappa shape index (κ2) is 10.5. The maximum Gasteiger partial charge on any atom is 0.573 e. The molecular formula is C22H21F3N4O4S. The van der Waals surface area contributed by atoms with Crippen molar-refractivity contribution in [1.82, 2.24) is 14.6 Å². The van der Waals surface area contributed by atoms with E-state index in [-0.39, 0.29) is 23.5 Å². The Bertz CT molecular complexity index is 1220. The van der Waals surface area contributed by atoms with Gasteiger partial charge >= 0.3 is 12.4 Å². The Hall–Kier alpha value is -3.64. The number of nitrogens with one attached hydrogen (secondary N) is 2. The third-order valence-corrected chi connectivity index (χ3v) is 6.43. The number of urea groups is 1. The van der Waals surface area contributed by atoms with Gasteiger partial charge in [0, 0.05) is 43.8 Å². The number of aromatic nitrogens is 1. The van der Waals surface area contributed by atoms with Crippen molar-refractivity contribution in [2.45, 2.75) is 24.3 Å². The van der Waals surface area contributed by atoms with Crippen LogP contribution in [0.3, 0.4) is 0 Å². The first-order chi connectivity index (χ1) is 16.0. The van der Waals surface area contributed by atoms with Crippen molar-refractivity contribution in [2.24, 2.45) is 0 Å². The van der Waals surface area contributed by atoms with Crippen molar-refractivity contribution in [3.63, 3.8) is 0 Å². The van der Waals surface area contributed by atoms with Gasteiger partial charge in [-0.2, -0.15) is 4.31 Å². The summed E-state index contributed by atoms with van der Waals surface area (Å²) in [5, 5.41) is 5.25. The lowest BCUT2D eigenvalue weighted by atomic mass is 10.2. The van der Waals surface area contributed by atoms with Crippen LogP contribution in [0.2, 0.25) is 0 Å². The average molecular weight is 494 g/mol. The Morgan fingerprint density at radius 3 is 2.32 bits per heavy atom. The zero-order valence-electron chi connectivity index (χ0n) is 17.9. The SMILES string of the molecule is CN(Cc1ccccc1OC(F)(F)F)S(=O)(=O)c1ccc(NC(=O)NCc2ccncc2)cc1. The quantitative estimate of drug-likeness (QED) is 0.491. The van der Waals surface area contributed by atoms with Gasteiger partial charge in [-0.1, -0.05) is 18.2 Å². The van der Waals surface area contributed by atoms with Gasteiger partial charge in [0.2, 0.25) is 10.0 Å². The zero-order valence-corrected chi connectivity index (χ0v) is 18.7. The Balaban J connectivity index is 1.64. The molecule has 1 heterocycles. The molecule has 3 aromatic rings. The summed E-state index contributed by atoms with van der Waals surface area (Å²) in [5.74, 6) is -0.477. The highest BCUT2D eigenvalue weighted by Gasteiger charge is 2.32. The average Bonchev–Trinajstić information content (AvgIpc) is 2.79. The maximum atomic E-state index is 12.9. The highest BCUT2D eigenvalue weighted by molar-refractivity contribution is 7.89. The summed E-state index contributed by atoms with van der Waals surface area (Å²) in [6.45, 7) is -0.0584. The molecule has 3 rings (SSSR count). The van der Waals surface area contributed by atoms with E-state index in [0.717, 1.165) is 15.9 Å². The second-order valence-corrected chi connectivity index (χ2v) is 9.15. The zero-order chi connectivity index (χ0) is 24.8. The summed E-state index contributed by atoms with van der Waals surface area (Å²) in [4.78, 5) is 15.9. The molecule has 34 heavy (non-hydrogen) atoms. The van der Waals surface area contributed by atoms with Gasteiger partial charge in [-0.15, -0.1) is 13.2 Å². The van der Waals surface area contributed by atoms with E-state index in [0.29, 0.717) is 5.69 Å². The number of para-hydroxylation sites is 1. The van der Waals surface area contributed by atoms with E-state index >= 15 is 0 Å². The number of ether oxygens (including phenoxy) is 1. The summed E-state index contributed by atoms with van der Waals surface area (Å²) < 4.78 is 68.6. The molecule has 0 unspecified atom stereocenters. The van der Waals surface area contributed by atoms with Crippen molar-refractivity contribution in [2.75, 3.05) is 12.4 Å². The van der Waals surface area contributed by atoms with E-state index in [9.17, 15) is 26.4 Å². The molecule has 0 aliphatic heterocycles. The molecule has 0 spiro atoms. The number of nitrogens with zero attached hydrogens (tertiary/aromatic N) is 2. The van der Waals surface area contributed by atoms with Crippen molar-refractivity contribution in [3.8, 4) is 5.75 Å². The summed E-state index contributed by atoms with van der Waals surface area (Å²) in [5.41, 5.74) is 1.27. The molecule has 0 bridgehead atoms. The van der Waals surface area contributed by atoms with Crippen LogP contribution in [0.5, 0.6) is 5.75 Å². The molecule has 180 valence electrons. The van der Waals surface area contributed by atoms with Crippen LogP contribution in [0.4, 0.5) is 23.7 Å². The number of halogens is 3. The molecule has 0 radical (unpaired) electrons. The van der Waals surface area contributed by atoms with Crippen LogP contribution in [0.25, 0.3) is 0 Å². The van der Waals surface area contributed by atoms with Gasteiger partial charge in [-0.05, 0) is 48.0 Å². The monoisotopic (exact) mass is 494 g/mol. The third kappa shape index (κ3) is 6.93. The topological polar surface area (TPSA) is 101 Å². The minimum atomic E-state index is -4.90. The molecule has 2 amide bonds. The van der Waals surface area contributed by atoms with Crippen molar-refractivity contribution >= 4 is 21.7 Å². The fraction of sp³-hybridized carbons (Fsp3) is 0.182. The molecule has 0 aliphatic rings. The Morgan fingerprint density at radius 2 is 1.68 bits per heavy atom. The van der Waals surface area contributed by atoms with Gasteiger partial charge in [-0.25, -0.2) is 13.2 Å². The van der Waals surface area contributed by atoms with Gasteiger partial charge in [-0.3, -0.25) is 4.98 Å². The first kappa shape index (κ1) is 25.0. The summed E-state index contributed by atoms with van der Waals surface area (Å²) in [6, 6.07) is 13.7. The van der Waals surface area contributed by atoms with Gasteiger partial charge in [0.25, 0.3) is 0 Å². The van der Waals surface area contributed by atoms with Crippen molar-refractivity contribution < 1.29 is 31.1 Å². The van der Waals surface area contributed by atoms with Crippen LogP contribution in [0.15, 0.2) is 78.0 Å². The van der Waals surface area contributed by atoms with E-state index < -0.39 is 28.2 Å². The molecule has 12 heteroatoms. The third-order valence-electron chi connectivity index (χ3n) is 4.61. The highest BCUT2D eigenvalue weighted by Crippen LogP contribution is 2.28. The van der Waals surface area contributed by atoms with E-state index in [4.69, 9.17) is 0 Å². The lowest BCUT2D eigenvalue weighted by Crippen LogP contribution is -2.28. The first-order valence-corrected chi connectivity index (χ1v) is 11.3. The number of carbonyl (C=O) groups is 1. The number of pyridine rings is 1. The predicted molar refractivity (Wildman–Crippen MR) is 118 cm³/mol. The van der Waals surface area contributed by atoms with Crippen LogP contribution in [-0.2, 0) is 23.1 Å². The maximum absolute atomic E-state index is 12.9. The molecule has 0 aliphatic carbocycles. The van der Waals surface area contributed by atoms with Crippen LogP contribution in [0, 0.1) is 0 Å². The van der Waals surface area contributed by atoms with E-state index in [2.05, 4.69) is 20.4 Å². The molecule has 1 aromatic heterocycles. The molecular weight excluding hydrogens is 473 g/mol. The molecule has 8 nitrogen and oxygen atoms in total. The number of hydrogen-bond donors (Lipinski definition) is 2. The van der Waals surface area contributed by atoms with E-state index in [1.54, 1.807) is 24.5 Å². The smallest absolute Gasteiger partial charge is 0.405 e. The standard InChI is InChI=1S/C22H21F3N4O4S/c1-29(15-17-4-2-3-5-20(17)33-22(23,24)25)34(31,32)19-8-6-18(7-9-19)28-21(30)27-14-16-10-12-26-13-11-16/h2-13H,14-15H2,1H3,(H2,27,28,30). The second-order valence-electron chi connectivity index (χ2n) is 7.10. The van der Waals surface area contributed by atoms with Crippen LogP contribution in [0.1, 0.15) is 11.1 Å². The lowest BCUT2D eigenvalue weighted by Gasteiger charge is -2.20. The molecule has 0 saturated carbocycles. The Kier molecular flexibility index (Phi) is 7.74. The molecule has 0 saturated heterocycles. The van der Waals surface area contributed by atoms with Crippen LogP contribution >= 0.6 is 0 Å². The van der Waals surface area contributed by atoms with E-state index in [1.165, 1.54) is 49.5 Å². The van der Waals surface area contributed by atoms with Crippen molar-refractivity contribution in [3.05, 3.63) is 84.2 Å². The Morgan fingerprint density at radius 1 is 1.03 bits per heavy atom. The number of hydrogen-bond acceptors (Lipinski definition) is 5. The van der Waals surface area contributed by atoms with Gasteiger partial charge in [0.15, 0.2) is 0 Å². The van der Waals surface area contributed by atoms with Crippen LogP contribution in [-0.4, -0.2) is 37.1 Å². The molecule has 2 N–H and O–H groups in total. The summed E-state index contributed by atoms with van der Waals surface area (Å²) in [6.07, 6.45) is -1.69. The van der Waals surface area contributed by atoms with E-state index in [1.807, 2.05) is 0 Å². The molecule has 0 atom stereocenters. The number of amides is 2. The lowest BCUT2D eigenvalue weighted by molar-refractivity contribution is -0.274. The van der Waals surface area contributed by atoms with Gasteiger partial charge < -0.3 is 15.4 Å². The number of sulfonamides is 1. The normalized spacial score (nSPS) is 11.8. The Labute approximate surface area is 194 Å². The molecule has 0 fully saturated rings. The predicted octanol–water partition coefficient (Wildman–Crippen LogP) is 4.12. The number of carbonyl (C=O) groups excluding carboxylic acids is 1. The highest BCUT2D eigenvalue weighted by atomic mass is 32.2. The van der Waals surface area contributed by atoms with Crippen LogP contribution < -0.4 is 15.4 Å². The van der Waals surface area contributed by atoms with Crippen molar-refractivity contribution in [1.29, 1.82) is 0 Å². The molecule has 2 aromatic carbocycles. The largest absolute Gasteiger partial charge is 0.573 e. The number of rotatable bonds is 8. The minimum absolute atomic E-state index is 0.0510. The number of benzene rings is 2. The number of anilines is 1.